The van der Waals surface area contributed by atoms with E-state index in [1.807, 2.05) is 13.8 Å². The fraction of sp³-hybridized carbons (Fsp3) is 0.690. The number of fused-ring (bicyclic) bond motifs is 3. The second kappa shape index (κ2) is 8.97. The van der Waals surface area contributed by atoms with Gasteiger partial charge in [0.05, 0.1) is 19.6 Å². The molecule has 218 valence electrons. The van der Waals surface area contributed by atoms with Crippen LogP contribution in [0.5, 0.6) is 0 Å². The minimum atomic E-state index is -1.57. The van der Waals surface area contributed by atoms with E-state index in [1.54, 1.807) is 13.8 Å². The number of hydrogen-bond donors (Lipinski definition) is 1. The number of aliphatic hydroxyl groups excluding tert-OH is 1. The fourth-order valence-corrected chi connectivity index (χ4v) is 8.54. The molecule has 2 bridgehead atoms. The third-order valence-corrected chi connectivity index (χ3v) is 10.5. The van der Waals surface area contributed by atoms with Crippen LogP contribution in [-0.2, 0) is 47.7 Å². The monoisotopic (exact) mass is 560 g/mol. The normalized spacial score (nSPS) is 42.5. The Morgan fingerprint density at radius 3 is 2.40 bits per heavy atom. The molecule has 11 heteroatoms. The molecule has 40 heavy (non-hydrogen) atoms. The van der Waals surface area contributed by atoms with Crippen LogP contribution in [0.2, 0.25) is 0 Å². The van der Waals surface area contributed by atoms with Crippen molar-refractivity contribution in [1.29, 1.82) is 0 Å². The summed E-state index contributed by atoms with van der Waals surface area (Å²) in [6.07, 6.45) is -2.84. The zero-order chi connectivity index (χ0) is 29.6. The van der Waals surface area contributed by atoms with Crippen molar-refractivity contribution in [2.45, 2.75) is 90.5 Å². The summed E-state index contributed by atoms with van der Waals surface area (Å²) in [6.45, 7) is 12.9. The molecule has 0 aromatic rings. The van der Waals surface area contributed by atoms with Gasteiger partial charge in [0, 0.05) is 47.2 Å². The Hall–Kier alpha value is -3.05. The summed E-state index contributed by atoms with van der Waals surface area (Å²) in [5, 5.41) is 10.5. The van der Waals surface area contributed by atoms with E-state index < -0.39 is 76.2 Å². The first-order chi connectivity index (χ1) is 18.5. The molecular formula is C29H36O11. The molecule has 4 fully saturated rings. The van der Waals surface area contributed by atoms with E-state index in [0.717, 1.165) is 6.08 Å². The van der Waals surface area contributed by atoms with Crippen molar-refractivity contribution in [2.24, 2.45) is 28.1 Å². The number of carbonyl (C=O) groups excluding carboxylic acids is 5. The maximum absolute atomic E-state index is 13.7. The SMILES string of the molecule is C=C1C2CC[C@@]3(C)[C@H](C4=CC(=O)OC4O)OC(=O)C[C@]13O[C@H]1CC(=O)C(C)(C)[C@H](C(OC(C)=O)C(=O)OC)[C@@]21C. The lowest BCUT2D eigenvalue weighted by molar-refractivity contribution is -0.300. The highest BCUT2D eigenvalue weighted by Gasteiger charge is 2.75. The van der Waals surface area contributed by atoms with Crippen LogP contribution < -0.4 is 0 Å². The maximum Gasteiger partial charge on any atom is 0.347 e. The number of cyclic esters (lactones) is 2. The van der Waals surface area contributed by atoms with Crippen LogP contribution in [0.3, 0.4) is 0 Å². The van der Waals surface area contributed by atoms with Gasteiger partial charge in [-0.1, -0.05) is 34.3 Å². The maximum atomic E-state index is 13.7. The summed E-state index contributed by atoms with van der Waals surface area (Å²) >= 11 is 0. The summed E-state index contributed by atoms with van der Waals surface area (Å²) in [6, 6.07) is 0. The van der Waals surface area contributed by atoms with Gasteiger partial charge in [0.15, 0.2) is 0 Å². The second-order valence-electron chi connectivity index (χ2n) is 12.7. The van der Waals surface area contributed by atoms with Crippen molar-refractivity contribution in [2.75, 3.05) is 7.11 Å². The van der Waals surface area contributed by atoms with Crippen molar-refractivity contribution in [3.8, 4) is 0 Å². The van der Waals surface area contributed by atoms with Gasteiger partial charge in [-0.3, -0.25) is 14.4 Å². The number of Topliss-reactive ketones (excluding diaryl/α,β-unsaturated/α-hetero) is 1. The van der Waals surface area contributed by atoms with Gasteiger partial charge in [0.25, 0.3) is 0 Å². The largest absolute Gasteiger partial charge is 0.466 e. The zero-order valence-corrected chi connectivity index (χ0v) is 23.6. The Balaban J connectivity index is 1.65. The first kappa shape index (κ1) is 28.5. The van der Waals surface area contributed by atoms with Crippen LogP contribution >= 0.6 is 0 Å². The van der Waals surface area contributed by atoms with E-state index in [-0.39, 0.29) is 30.1 Å². The Labute approximate surface area is 232 Å². The lowest BCUT2D eigenvalue weighted by Crippen LogP contribution is -2.75. The molecule has 3 aliphatic heterocycles. The number of esters is 4. The van der Waals surface area contributed by atoms with Gasteiger partial charge in [-0.25, -0.2) is 9.59 Å². The smallest absolute Gasteiger partial charge is 0.347 e. The number of ether oxygens (including phenoxy) is 5. The number of carbonyl (C=O) groups is 5. The molecule has 3 heterocycles. The van der Waals surface area contributed by atoms with Gasteiger partial charge < -0.3 is 28.8 Å². The second-order valence-corrected chi connectivity index (χ2v) is 12.7. The molecule has 3 unspecified atom stereocenters. The van der Waals surface area contributed by atoms with E-state index >= 15 is 0 Å². The van der Waals surface area contributed by atoms with E-state index in [1.165, 1.54) is 14.0 Å². The molecular weight excluding hydrogens is 524 g/mol. The molecule has 0 radical (unpaired) electrons. The molecule has 11 nitrogen and oxygen atoms in total. The molecule has 5 rings (SSSR count). The Kier molecular flexibility index (Phi) is 6.39. The number of rotatable bonds is 4. The highest BCUT2D eigenvalue weighted by Crippen LogP contribution is 2.70. The van der Waals surface area contributed by atoms with E-state index in [0.29, 0.717) is 18.4 Å². The van der Waals surface area contributed by atoms with E-state index in [4.69, 9.17) is 23.7 Å². The molecule has 0 aromatic heterocycles. The van der Waals surface area contributed by atoms with Crippen LogP contribution in [0.4, 0.5) is 0 Å². The third kappa shape index (κ3) is 3.59. The molecule has 1 spiro atoms. The number of ketones is 1. The summed E-state index contributed by atoms with van der Waals surface area (Å²) in [5.41, 5.74) is -3.54. The van der Waals surface area contributed by atoms with Gasteiger partial charge in [-0.15, -0.1) is 0 Å². The highest BCUT2D eigenvalue weighted by molar-refractivity contribution is 5.89. The van der Waals surface area contributed by atoms with Crippen LogP contribution in [-0.4, -0.2) is 72.1 Å². The molecule has 0 amide bonds. The first-order valence-electron chi connectivity index (χ1n) is 13.5. The van der Waals surface area contributed by atoms with Gasteiger partial charge in [-0.2, -0.15) is 0 Å². The van der Waals surface area contributed by atoms with Crippen LogP contribution in [0.1, 0.15) is 60.3 Å². The van der Waals surface area contributed by atoms with Crippen molar-refractivity contribution in [3.05, 3.63) is 23.8 Å². The van der Waals surface area contributed by atoms with Crippen molar-refractivity contribution in [3.63, 3.8) is 0 Å². The number of hydrogen-bond acceptors (Lipinski definition) is 11. The summed E-state index contributed by atoms with van der Waals surface area (Å²) in [7, 11) is 1.20. The predicted octanol–water partition coefficient (Wildman–Crippen LogP) is 1.94. The lowest BCUT2D eigenvalue weighted by atomic mass is 9.41. The van der Waals surface area contributed by atoms with E-state index in [9.17, 15) is 29.1 Å². The highest BCUT2D eigenvalue weighted by atomic mass is 16.6. The molecule has 2 saturated carbocycles. The summed E-state index contributed by atoms with van der Waals surface area (Å²) < 4.78 is 28.2. The number of methoxy groups -OCH3 is 1. The van der Waals surface area contributed by atoms with E-state index in [2.05, 4.69) is 6.58 Å². The van der Waals surface area contributed by atoms with Crippen molar-refractivity contribution >= 4 is 29.7 Å². The van der Waals surface area contributed by atoms with Gasteiger partial charge >= 0.3 is 23.9 Å². The van der Waals surface area contributed by atoms with Crippen LogP contribution in [0.15, 0.2) is 23.8 Å². The minimum absolute atomic E-state index is 0.00219. The first-order valence-corrected chi connectivity index (χ1v) is 13.5. The summed E-state index contributed by atoms with van der Waals surface area (Å²) in [4.78, 5) is 64.0. The van der Waals surface area contributed by atoms with Gasteiger partial charge in [0.1, 0.15) is 17.5 Å². The average Bonchev–Trinajstić information content (AvgIpc) is 3.19. The van der Waals surface area contributed by atoms with Gasteiger partial charge in [0.2, 0.25) is 12.4 Å². The molecule has 5 aliphatic rings. The zero-order valence-electron chi connectivity index (χ0n) is 23.6. The standard InChI is InChI=1S/C29H36O11/c1-13-16-8-9-27(5)23(15-10-19(32)39-24(15)34)38-20(33)12-29(13,27)40-18-11-17(31)26(3,4)22(28(16,18)6)21(25(35)36-7)37-14(2)30/h10,16,18,21-24,34H,1,8-9,11-12H2,2-7H3/t16?,18-,21?,22-,23-,24?,27-,28-,29-/m0/s1. The topological polar surface area (TPSA) is 152 Å². The quantitative estimate of drug-likeness (QED) is 0.305. The predicted molar refractivity (Wildman–Crippen MR) is 135 cm³/mol. The lowest BCUT2D eigenvalue weighted by Gasteiger charge is -2.70. The molecule has 2 aliphatic carbocycles. The van der Waals surface area contributed by atoms with Crippen LogP contribution in [0, 0.1) is 28.1 Å². The molecule has 9 atom stereocenters. The van der Waals surface area contributed by atoms with Gasteiger partial charge in [-0.05, 0) is 24.3 Å². The van der Waals surface area contributed by atoms with Crippen molar-refractivity contribution in [1.82, 2.24) is 0 Å². The molecule has 1 N–H and O–H groups in total. The fourth-order valence-electron chi connectivity index (χ4n) is 8.54. The third-order valence-electron chi connectivity index (χ3n) is 10.5. The Morgan fingerprint density at radius 1 is 1.15 bits per heavy atom. The van der Waals surface area contributed by atoms with Crippen LogP contribution in [0.25, 0.3) is 0 Å². The Morgan fingerprint density at radius 2 is 1.82 bits per heavy atom. The Bertz CT molecular complexity index is 1250. The summed E-state index contributed by atoms with van der Waals surface area (Å²) in [5.74, 6) is -4.17. The minimum Gasteiger partial charge on any atom is -0.466 e. The average molecular weight is 561 g/mol. The number of aliphatic hydroxyl groups is 1. The van der Waals surface area contributed by atoms with Crippen molar-refractivity contribution < 1.29 is 52.8 Å². The molecule has 0 aromatic carbocycles. The molecule has 2 saturated heterocycles.